The highest BCUT2D eigenvalue weighted by molar-refractivity contribution is 9.09. The number of alkyl halides is 1. The van der Waals surface area contributed by atoms with Gasteiger partial charge in [-0.2, -0.15) is 0 Å². The molecule has 3 atom stereocenters. The van der Waals surface area contributed by atoms with Crippen LogP contribution in [0, 0.1) is 5.92 Å². The van der Waals surface area contributed by atoms with Gasteiger partial charge in [-0.3, -0.25) is 0 Å². The molecule has 0 bridgehead atoms. The Morgan fingerprint density at radius 1 is 1.73 bits per heavy atom. The molecule has 3 unspecified atom stereocenters. The quantitative estimate of drug-likeness (QED) is 0.503. The van der Waals surface area contributed by atoms with Crippen molar-refractivity contribution in [2.75, 3.05) is 6.61 Å². The SMILES string of the molecule is CC(Br)C1OC(=O)OCC1C. The van der Waals surface area contributed by atoms with Gasteiger partial charge in [-0.05, 0) is 6.92 Å². The number of rotatable bonds is 1. The van der Waals surface area contributed by atoms with Gasteiger partial charge in [-0.25, -0.2) is 4.79 Å². The van der Waals surface area contributed by atoms with Crippen LogP contribution in [-0.2, 0) is 9.47 Å². The minimum Gasteiger partial charge on any atom is -0.434 e. The highest BCUT2D eigenvalue weighted by Crippen LogP contribution is 2.22. The molecule has 1 heterocycles. The maximum atomic E-state index is 10.7. The van der Waals surface area contributed by atoms with E-state index in [4.69, 9.17) is 4.74 Å². The van der Waals surface area contributed by atoms with E-state index >= 15 is 0 Å². The number of ether oxygens (including phenoxy) is 2. The summed E-state index contributed by atoms with van der Waals surface area (Å²) in [6.45, 7) is 4.41. The Morgan fingerprint density at radius 3 is 2.82 bits per heavy atom. The molecule has 0 aliphatic carbocycles. The van der Waals surface area contributed by atoms with Crippen molar-refractivity contribution >= 4 is 22.1 Å². The van der Waals surface area contributed by atoms with Crippen LogP contribution in [0.2, 0.25) is 0 Å². The van der Waals surface area contributed by atoms with Crippen LogP contribution in [0.1, 0.15) is 13.8 Å². The van der Waals surface area contributed by atoms with E-state index in [1.54, 1.807) is 0 Å². The van der Waals surface area contributed by atoms with E-state index < -0.39 is 6.16 Å². The third-order valence-corrected chi connectivity index (χ3v) is 2.23. The summed E-state index contributed by atoms with van der Waals surface area (Å²) in [6, 6.07) is 0. The average molecular weight is 223 g/mol. The summed E-state index contributed by atoms with van der Waals surface area (Å²) in [6.07, 6.45) is -0.615. The number of hydrogen-bond acceptors (Lipinski definition) is 3. The van der Waals surface area contributed by atoms with Gasteiger partial charge in [0.05, 0.1) is 0 Å². The zero-order valence-corrected chi connectivity index (χ0v) is 8.13. The van der Waals surface area contributed by atoms with E-state index in [-0.39, 0.29) is 16.8 Å². The lowest BCUT2D eigenvalue weighted by Gasteiger charge is -2.29. The number of halogens is 1. The largest absolute Gasteiger partial charge is 0.508 e. The molecule has 1 aliphatic rings. The first-order chi connectivity index (χ1) is 5.11. The van der Waals surface area contributed by atoms with Gasteiger partial charge in [-0.1, -0.05) is 22.9 Å². The molecule has 0 spiro atoms. The molecule has 0 N–H and O–H groups in total. The Kier molecular flexibility index (Phi) is 2.76. The predicted octanol–water partition coefficient (Wildman–Crippen LogP) is 1.94. The van der Waals surface area contributed by atoms with Crippen molar-refractivity contribution in [3.63, 3.8) is 0 Å². The molecule has 1 saturated heterocycles. The smallest absolute Gasteiger partial charge is 0.434 e. The molecule has 3 nitrogen and oxygen atoms in total. The Balaban J connectivity index is 2.54. The molecule has 11 heavy (non-hydrogen) atoms. The van der Waals surface area contributed by atoms with E-state index in [1.807, 2.05) is 13.8 Å². The monoisotopic (exact) mass is 222 g/mol. The summed E-state index contributed by atoms with van der Waals surface area (Å²) >= 11 is 3.37. The second-order valence-corrected chi connectivity index (χ2v) is 4.24. The molecular formula is C7H11BrO3. The summed E-state index contributed by atoms with van der Waals surface area (Å²) in [4.78, 5) is 10.8. The van der Waals surface area contributed by atoms with Crippen molar-refractivity contribution < 1.29 is 14.3 Å². The van der Waals surface area contributed by atoms with E-state index in [0.29, 0.717) is 6.61 Å². The van der Waals surface area contributed by atoms with Gasteiger partial charge in [0, 0.05) is 10.7 Å². The molecular weight excluding hydrogens is 212 g/mol. The maximum absolute atomic E-state index is 10.7. The first kappa shape index (κ1) is 8.84. The Morgan fingerprint density at radius 2 is 2.36 bits per heavy atom. The van der Waals surface area contributed by atoms with E-state index in [1.165, 1.54) is 0 Å². The molecule has 0 saturated carbocycles. The molecule has 64 valence electrons. The molecule has 0 aromatic rings. The Labute approximate surface area is 74.2 Å². The van der Waals surface area contributed by atoms with Gasteiger partial charge in [0.25, 0.3) is 0 Å². The van der Waals surface area contributed by atoms with Crippen molar-refractivity contribution in [2.24, 2.45) is 5.92 Å². The molecule has 0 aromatic heterocycles. The van der Waals surface area contributed by atoms with Crippen LogP contribution in [0.25, 0.3) is 0 Å². The van der Waals surface area contributed by atoms with Crippen LogP contribution in [0.4, 0.5) is 4.79 Å². The molecule has 0 amide bonds. The Hall–Kier alpha value is -0.250. The third-order valence-electron chi connectivity index (χ3n) is 1.71. The summed E-state index contributed by atoms with van der Waals surface area (Å²) in [5.74, 6) is 0.266. The first-order valence-electron chi connectivity index (χ1n) is 3.58. The van der Waals surface area contributed by atoms with Crippen molar-refractivity contribution in [3.05, 3.63) is 0 Å². The van der Waals surface area contributed by atoms with Crippen molar-refractivity contribution in [1.29, 1.82) is 0 Å². The lowest BCUT2D eigenvalue weighted by atomic mass is 10.0. The topological polar surface area (TPSA) is 35.5 Å². The Bertz CT molecular complexity index is 158. The predicted molar refractivity (Wildman–Crippen MR) is 43.8 cm³/mol. The van der Waals surface area contributed by atoms with Crippen molar-refractivity contribution in [2.45, 2.75) is 24.8 Å². The molecule has 0 aromatic carbocycles. The number of cyclic esters (lactones) is 2. The van der Waals surface area contributed by atoms with Crippen LogP contribution in [0.5, 0.6) is 0 Å². The van der Waals surface area contributed by atoms with Gasteiger partial charge in [0.15, 0.2) is 0 Å². The minimum absolute atomic E-state index is 0.0590. The fourth-order valence-electron chi connectivity index (χ4n) is 1.10. The van der Waals surface area contributed by atoms with Crippen molar-refractivity contribution in [1.82, 2.24) is 0 Å². The lowest BCUT2D eigenvalue weighted by Crippen LogP contribution is -2.39. The van der Waals surface area contributed by atoms with Gasteiger partial charge >= 0.3 is 6.16 Å². The van der Waals surface area contributed by atoms with Crippen LogP contribution >= 0.6 is 15.9 Å². The third kappa shape index (κ3) is 2.09. The van der Waals surface area contributed by atoms with Crippen LogP contribution in [0.15, 0.2) is 0 Å². The van der Waals surface area contributed by atoms with Gasteiger partial charge < -0.3 is 9.47 Å². The highest BCUT2D eigenvalue weighted by Gasteiger charge is 2.31. The summed E-state index contributed by atoms with van der Waals surface area (Å²) in [5, 5.41) is 0. The second kappa shape index (κ2) is 3.43. The van der Waals surface area contributed by atoms with Crippen molar-refractivity contribution in [3.8, 4) is 0 Å². The first-order valence-corrected chi connectivity index (χ1v) is 4.50. The van der Waals surface area contributed by atoms with E-state index in [9.17, 15) is 4.79 Å². The fourth-order valence-corrected chi connectivity index (χ4v) is 1.73. The van der Waals surface area contributed by atoms with Gasteiger partial charge in [0.1, 0.15) is 12.7 Å². The van der Waals surface area contributed by atoms with Crippen LogP contribution in [-0.4, -0.2) is 23.7 Å². The van der Waals surface area contributed by atoms with Crippen LogP contribution < -0.4 is 0 Å². The summed E-state index contributed by atoms with van der Waals surface area (Å²) in [7, 11) is 0. The minimum atomic E-state index is -0.556. The van der Waals surface area contributed by atoms with E-state index in [2.05, 4.69) is 20.7 Å². The highest BCUT2D eigenvalue weighted by atomic mass is 79.9. The molecule has 1 fully saturated rings. The molecule has 1 rings (SSSR count). The maximum Gasteiger partial charge on any atom is 0.508 e. The van der Waals surface area contributed by atoms with Crippen LogP contribution in [0.3, 0.4) is 0 Å². The van der Waals surface area contributed by atoms with Gasteiger partial charge in [0.2, 0.25) is 0 Å². The fraction of sp³-hybridized carbons (Fsp3) is 0.857. The number of carbonyl (C=O) groups is 1. The molecule has 1 aliphatic heterocycles. The lowest BCUT2D eigenvalue weighted by molar-refractivity contribution is -0.0516. The number of hydrogen-bond donors (Lipinski definition) is 0. The molecule has 0 radical (unpaired) electrons. The normalized spacial score (nSPS) is 33.9. The molecule has 4 heteroatoms. The number of carbonyl (C=O) groups excluding carboxylic acids is 1. The summed E-state index contributed by atoms with van der Waals surface area (Å²) < 4.78 is 9.64. The van der Waals surface area contributed by atoms with Gasteiger partial charge in [-0.15, -0.1) is 0 Å². The van der Waals surface area contributed by atoms with E-state index in [0.717, 1.165) is 0 Å². The second-order valence-electron chi connectivity index (χ2n) is 2.80. The average Bonchev–Trinajstić information content (AvgIpc) is 1.94. The standard InChI is InChI=1S/C7H11BrO3/c1-4-3-10-7(9)11-6(4)5(2)8/h4-6H,3H2,1-2H3. The summed E-state index contributed by atoms with van der Waals surface area (Å²) in [5.41, 5.74) is 0. The zero-order valence-electron chi connectivity index (χ0n) is 6.54. The zero-order chi connectivity index (χ0) is 8.43.